The molecule has 0 bridgehead atoms. The summed E-state index contributed by atoms with van der Waals surface area (Å²) in [4.78, 5) is 47.0. The van der Waals surface area contributed by atoms with E-state index in [9.17, 15) is 29.4 Å². The van der Waals surface area contributed by atoms with Crippen molar-refractivity contribution in [2.75, 3.05) is 24.9 Å². The SMILES string of the molecule is COc1ccc(NC(=O)CCCCC(=O)Nc2ccc(OC)cc2C(=O)O)c(C(=O)O)c1. The van der Waals surface area contributed by atoms with Crippen molar-refractivity contribution in [3.63, 3.8) is 0 Å². The highest BCUT2D eigenvalue weighted by molar-refractivity contribution is 6.01. The van der Waals surface area contributed by atoms with E-state index in [0.717, 1.165) is 0 Å². The summed E-state index contributed by atoms with van der Waals surface area (Å²) in [6, 6.07) is 8.60. The normalized spacial score (nSPS) is 10.2. The number of hydrogen-bond donors (Lipinski definition) is 4. The highest BCUT2D eigenvalue weighted by atomic mass is 16.5. The first-order valence-corrected chi connectivity index (χ1v) is 9.67. The summed E-state index contributed by atoms with van der Waals surface area (Å²) >= 11 is 0. The highest BCUT2D eigenvalue weighted by Crippen LogP contribution is 2.24. The summed E-state index contributed by atoms with van der Waals surface area (Å²) in [6.45, 7) is 0. The van der Waals surface area contributed by atoms with Crippen molar-refractivity contribution in [2.24, 2.45) is 0 Å². The fourth-order valence-electron chi connectivity index (χ4n) is 2.87. The molecule has 0 heterocycles. The molecule has 32 heavy (non-hydrogen) atoms. The maximum Gasteiger partial charge on any atom is 0.337 e. The smallest absolute Gasteiger partial charge is 0.337 e. The maximum absolute atomic E-state index is 12.1. The lowest BCUT2D eigenvalue weighted by molar-refractivity contribution is -0.118. The Balaban J connectivity index is 1.84. The van der Waals surface area contributed by atoms with E-state index < -0.39 is 11.9 Å². The molecule has 2 aromatic carbocycles. The number of carbonyl (C=O) groups is 4. The summed E-state index contributed by atoms with van der Waals surface area (Å²) in [7, 11) is 2.82. The van der Waals surface area contributed by atoms with Crippen LogP contribution >= 0.6 is 0 Å². The van der Waals surface area contributed by atoms with Crippen molar-refractivity contribution < 1.29 is 38.9 Å². The van der Waals surface area contributed by atoms with Gasteiger partial charge in [0.15, 0.2) is 0 Å². The highest BCUT2D eigenvalue weighted by Gasteiger charge is 2.15. The van der Waals surface area contributed by atoms with Crippen LogP contribution in [0.3, 0.4) is 0 Å². The predicted octanol–water partition coefficient (Wildman–Crippen LogP) is 3.24. The molecule has 10 nitrogen and oxygen atoms in total. The first-order valence-electron chi connectivity index (χ1n) is 9.67. The minimum Gasteiger partial charge on any atom is -0.497 e. The topological polar surface area (TPSA) is 151 Å². The number of methoxy groups -OCH3 is 2. The van der Waals surface area contributed by atoms with Gasteiger partial charge in [0.2, 0.25) is 11.8 Å². The molecule has 2 amide bonds. The molecule has 0 unspecified atom stereocenters. The molecule has 0 aliphatic carbocycles. The zero-order valence-corrected chi connectivity index (χ0v) is 17.6. The van der Waals surface area contributed by atoms with E-state index >= 15 is 0 Å². The van der Waals surface area contributed by atoms with Gasteiger partial charge >= 0.3 is 11.9 Å². The number of carboxylic acid groups (broad SMARTS) is 2. The number of aromatic carboxylic acids is 2. The molecule has 10 heteroatoms. The number of anilines is 2. The van der Waals surface area contributed by atoms with Gasteiger partial charge in [-0.2, -0.15) is 0 Å². The Morgan fingerprint density at radius 3 is 1.41 bits per heavy atom. The molecule has 0 radical (unpaired) electrons. The lowest BCUT2D eigenvalue weighted by atomic mass is 10.1. The van der Waals surface area contributed by atoms with Crippen LogP contribution in [0.15, 0.2) is 36.4 Å². The Morgan fingerprint density at radius 1 is 0.719 bits per heavy atom. The molecule has 2 aromatic rings. The molecule has 170 valence electrons. The number of amides is 2. The number of ether oxygens (including phenoxy) is 2. The number of rotatable bonds is 11. The lowest BCUT2D eigenvalue weighted by Crippen LogP contribution is -2.16. The van der Waals surface area contributed by atoms with E-state index in [1.165, 1.54) is 50.6 Å². The summed E-state index contributed by atoms with van der Waals surface area (Å²) in [6.07, 6.45) is 0.932. The number of hydrogen-bond acceptors (Lipinski definition) is 6. The van der Waals surface area contributed by atoms with Gasteiger partial charge in [0.25, 0.3) is 0 Å². The molecule has 0 atom stereocenters. The second-order valence-electron chi connectivity index (χ2n) is 6.74. The van der Waals surface area contributed by atoms with Gasteiger partial charge < -0.3 is 30.3 Å². The van der Waals surface area contributed by atoms with Gasteiger partial charge in [-0.1, -0.05) is 0 Å². The summed E-state index contributed by atoms with van der Waals surface area (Å²) in [5.74, 6) is -2.46. The third kappa shape index (κ3) is 6.73. The van der Waals surface area contributed by atoms with Crippen molar-refractivity contribution in [1.82, 2.24) is 0 Å². The predicted molar refractivity (Wildman–Crippen MR) is 116 cm³/mol. The first-order chi connectivity index (χ1) is 15.2. The van der Waals surface area contributed by atoms with Gasteiger partial charge in [-0.05, 0) is 49.2 Å². The van der Waals surface area contributed by atoms with Crippen LogP contribution < -0.4 is 20.1 Å². The van der Waals surface area contributed by atoms with Gasteiger partial charge in [-0.15, -0.1) is 0 Å². The molecule has 0 aromatic heterocycles. The Hall–Kier alpha value is -4.08. The van der Waals surface area contributed by atoms with Crippen molar-refractivity contribution in [2.45, 2.75) is 25.7 Å². The van der Waals surface area contributed by atoms with Crippen LogP contribution in [0, 0.1) is 0 Å². The largest absolute Gasteiger partial charge is 0.497 e. The van der Waals surface area contributed by atoms with Crippen LogP contribution in [0.5, 0.6) is 11.5 Å². The van der Waals surface area contributed by atoms with E-state index in [0.29, 0.717) is 24.3 Å². The molecule has 4 N–H and O–H groups in total. The zero-order valence-electron chi connectivity index (χ0n) is 17.6. The Kier molecular flexibility index (Phi) is 8.58. The molecule has 2 rings (SSSR count). The third-order valence-electron chi connectivity index (χ3n) is 4.52. The molecule has 0 aliphatic rings. The van der Waals surface area contributed by atoms with E-state index in [2.05, 4.69) is 10.6 Å². The van der Waals surface area contributed by atoms with Crippen LogP contribution in [0.25, 0.3) is 0 Å². The van der Waals surface area contributed by atoms with Gasteiger partial charge in [0.1, 0.15) is 11.5 Å². The van der Waals surface area contributed by atoms with Crippen LogP contribution in [-0.2, 0) is 9.59 Å². The molecular weight excluding hydrogens is 420 g/mol. The fourth-order valence-corrected chi connectivity index (χ4v) is 2.87. The van der Waals surface area contributed by atoms with Crippen molar-refractivity contribution >= 4 is 35.1 Å². The monoisotopic (exact) mass is 444 g/mol. The number of carbonyl (C=O) groups excluding carboxylic acids is 2. The molecular formula is C22H24N2O8. The number of benzene rings is 2. The Labute approximate surface area is 184 Å². The van der Waals surface area contributed by atoms with Crippen LogP contribution in [0.4, 0.5) is 11.4 Å². The fraction of sp³-hybridized carbons (Fsp3) is 0.273. The Morgan fingerprint density at radius 2 is 1.09 bits per heavy atom. The van der Waals surface area contributed by atoms with Crippen LogP contribution in [0.2, 0.25) is 0 Å². The maximum atomic E-state index is 12.1. The van der Waals surface area contributed by atoms with Crippen molar-refractivity contribution in [3.05, 3.63) is 47.5 Å². The van der Waals surface area contributed by atoms with Crippen LogP contribution in [0.1, 0.15) is 46.4 Å². The number of unbranched alkanes of at least 4 members (excludes halogenated alkanes) is 1. The minimum absolute atomic E-state index is 0.0846. The minimum atomic E-state index is -1.20. The third-order valence-corrected chi connectivity index (χ3v) is 4.52. The van der Waals surface area contributed by atoms with Gasteiger partial charge in [-0.25, -0.2) is 9.59 Å². The van der Waals surface area contributed by atoms with Gasteiger partial charge in [0.05, 0.1) is 36.7 Å². The summed E-state index contributed by atoms with van der Waals surface area (Å²) in [5.41, 5.74) is 0.125. The molecule has 0 saturated carbocycles. The van der Waals surface area contributed by atoms with E-state index in [-0.39, 0.29) is 47.2 Å². The average molecular weight is 444 g/mol. The lowest BCUT2D eigenvalue weighted by Gasteiger charge is -2.11. The van der Waals surface area contributed by atoms with Gasteiger partial charge in [-0.3, -0.25) is 9.59 Å². The molecule has 0 fully saturated rings. The first kappa shape index (κ1) is 24.2. The number of carboxylic acids is 2. The molecule has 0 spiro atoms. The van der Waals surface area contributed by atoms with E-state index in [1.807, 2.05) is 0 Å². The summed E-state index contributed by atoms with van der Waals surface area (Å²) in [5, 5.41) is 23.7. The van der Waals surface area contributed by atoms with Gasteiger partial charge in [0, 0.05) is 12.8 Å². The standard InChI is InChI=1S/C22H24N2O8/c1-31-13-7-9-17(15(11-13)21(27)28)23-19(25)5-3-4-6-20(26)24-18-10-8-14(32-2)12-16(18)22(29)30/h7-12H,3-6H2,1-2H3,(H,23,25)(H,24,26)(H,27,28)(H,29,30). The molecule has 0 saturated heterocycles. The number of nitrogens with one attached hydrogen (secondary N) is 2. The zero-order chi connectivity index (χ0) is 23.7. The van der Waals surface area contributed by atoms with E-state index in [1.54, 1.807) is 0 Å². The van der Waals surface area contributed by atoms with Crippen molar-refractivity contribution in [1.29, 1.82) is 0 Å². The van der Waals surface area contributed by atoms with Crippen molar-refractivity contribution in [3.8, 4) is 11.5 Å². The Bertz CT molecular complexity index is 937. The van der Waals surface area contributed by atoms with Crippen LogP contribution in [-0.4, -0.2) is 48.2 Å². The second kappa shape index (κ2) is 11.3. The summed E-state index contributed by atoms with van der Waals surface area (Å²) < 4.78 is 9.98. The van der Waals surface area contributed by atoms with E-state index in [4.69, 9.17) is 9.47 Å². The quantitative estimate of drug-likeness (QED) is 0.386. The second-order valence-corrected chi connectivity index (χ2v) is 6.74. The average Bonchev–Trinajstić information content (AvgIpc) is 2.77. The molecule has 0 aliphatic heterocycles.